The van der Waals surface area contributed by atoms with Crippen LogP contribution >= 0.6 is 24.8 Å². The largest absolute Gasteiger partial charge is 0.349 e. The summed E-state index contributed by atoms with van der Waals surface area (Å²) in [5.74, 6) is -0.0324. The number of nitrogens with zero attached hydrogens (tertiary/aromatic N) is 1. The summed E-state index contributed by atoms with van der Waals surface area (Å²) in [5.41, 5.74) is 8.12. The van der Waals surface area contributed by atoms with Gasteiger partial charge < -0.3 is 11.1 Å². The maximum Gasteiger partial charge on any atom is 0.222 e. The van der Waals surface area contributed by atoms with Crippen LogP contribution in [0.1, 0.15) is 43.0 Å². The zero-order chi connectivity index (χ0) is 15.1. The smallest absolute Gasteiger partial charge is 0.222 e. The fourth-order valence-electron chi connectivity index (χ4n) is 2.29. The van der Waals surface area contributed by atoms with Crippen LogP contribution in [0.15, 0.2) is 54.9 Å². The Morgan fingerprint density at radius 1 is 1.09 bits per heavy atom. The van der Waals surface area contributed by atoms with Crippen molar-refractivity contribution in [1.82, 2.24) is 10.3 Å². The average Bonchev–Trinajstić information content (AvgIpc) is 2.54. The number of halogens is 2. The molecule has 2 unspecified atom stereocenters. The fraction of sp³-hybridized carbons (Fsp3) is 0.294. The predicted octanol–water partition coefficient (Wildman–Crippen LogP) is 3.58. The first kappa shape index (κ1) is 21.4. The summed E-state index contributed by atoms with van der Waals surface area (Å²) in [4.78, 5) is 16.2. The van der Waals surface area contributed by atoms with E-state index in [1.165, 1.54) is 0 Å². The van der Waals surface area contributed by atoms with Crippen LogP contribution < -0.4 is 11.1 Å². The summed E-state index contributed by atoms with van der Waals surface area (Å²) in [5, 5.41) is 3.04. The van der Waals surface area contributed by atoms with Gasteiger partial charge in [0.1, 0.15) is 0 Å². The van der Waals surface area contributed by atoms with E-state index in [9.17, 15) is 4.79 Å². The number of nitrogens with two attached hydrogens (primary N) is 1. The minimum atomic E-state index is -0.277. The van der Waals surface area contributed by atoms with E-state index < -0.39 is 0 Å². The second-order valence-electron chi connectivity index (χ2n) is 5.03. The number of nitrogens with one attached hydrogen (secondary N) is 1. The van der Waals surface area contributed by atoms with E-state index >= 15 is 0 Å². The molecular weight excluding hydrogens is 333 g/mol. The molecule has 23 heavy (non-hydrogen) atoms. The van der Waals surface area contributed by atoms with Crippen LogP contribution in [0.3, 0.4) is 0 Å². The maximum absolute atomic E-state index is 12.2. The molecule has 2 aromatic rings. The van der Waals surface area contributed by atoms with Crippen molar-refractivity contribution < 1.29 is 4.79 Å². The lowest BCUT2D eigenvalue weighted by Gasteiger charge is -2.19. The molecule has 1 aromatic carbocycles. The van der Waals surface area contributed by atoms with Gasteiger partial charge in [0, 0.05) is 24.9 Å². The quantitative estimate of drug-likeness (QED) is 0.831. The van der Waals surface area contributed by atoms with E-state index in [4.69, 9.17) is 5.73 Å². The van der Waals surface area contributed by atoms with Crippen molar-refractivity contribution in [3.05, 3.63) is 66.0 Å². The van der Waals surface area contributed by atoms with Gasteiger partial charge in [-0.25, -0.2) is 0 Å². The average molecular weight is 356 g/mol. The molecule has 4 nitrogen and oxygen atoms in total. The summed E-state index contributed by atoms with van der Waals surface area (Å²) in [6.45, 7) is 2.04. The van der Waals surface area contributed by atoms with Crippen LogP contribution in [-0.4, -0.2) is 10.9 Å². The molecule has 0 aliphatic heterocycles. The molecule has 0 fully saturated rings. The molecule has 0 aliphatic carbocycles. The van der Waals surface area contributed by atoms with Gasteiger partial charge in [0.15, 0.2) is 0 Å². The minimum absolute atomic E-state index is 0. The molecule has 0 saturated carbocycles. The lowest BCUT2D eigenvalue weighted by molar-refractivity contribution is -0.122. The van der Waals surface area contributed by atoms with E-state index in [0.717, 1.165) is 17.5 Å². The van der Waals surface area contributed by atoms with E-state index in [0.29, 0.717) is 0 Å². The number of rotatable bonds is 6. The third-order valence-electron chi connectivity index (χ3n) is 3.48. The number of carbonyl (C=O) groups excluding carboxylic acids is 1. The minimum Gasteiger partial charge on any atom is -0.349 e. The number of pyridine rings is 1. The highest BCUT2D eigenvalue weighted by molar-refractivity contribution is 5.85. The number of amides is 1. The Hall–Kier alpha value is -1.62. The summed E-state index contributed by atoms with van der Waals surface area (Å²) in [7, 11) is 0. The van der Waals surface area contributed by atoms with Gasteiger partial charge in [0.2, 0.25) is 5.91 Å². The highest BCUT2D eigenvalue weighted by Crippen LogP contribution is 2.17. The van der Waals surface area contributed by atoms with Crippen LogP contribution in [0.2, 0.25) is 0 Å². The standard InChI is InChI=1S/C17H21N3O.2ClH/c1-2-16(14-8-10-19-11-9-14)20-17(21)12-15(18)13-6-4-3-5-7-13;;/h3-11,15-16H,2,12,18H2,1H3,(H,20,21);2*1H. The summed E-state index contributed by atoms with van der Waals surface area (Å²) in [6.07, 6.45) is 4.58. The monoisotopic (exact) mass is 355 g/mol. The molecule has 6 heteroatoms. The topological polar surface area (TPSA) is 68.0 Å². The molecule has 3 N–H and O–H groups in total. The van der Waals surface area contributed by atoms with E-state index in [-0.39, 0.29) is 49.2 Å². The number of hydrogen-bond acceptors (Lipinski definition) is 3. The lowest BCUT2D eigenvalue weighted by Crippen LogP contribution is -2.30. The third kappa shape index (κ3) is 6.57. The number of hydrogen-bond donors (Lipinski definition) is 2. The molecule has 2 atom stereocenters. The van der Waals surface area contributed by atoms with Crippen LogP contribution in [0, 0.1) is 0 Å². The molecule has 126 valence electrons. The van der Waals surface area contributed by atoms with Crippen LogP contribution in [-0.2, 0) is 4.79 Å². The first-order chi connectivity index (χ1) is 10.2. The molecular formula is C17H23Cl2N3O. The molecule has 0 radical (unpaired) electrons. The van der Waals surface area contributed by atoms with E-state index in [1.807, 2.05) is 49.4 Å². The molecule has 0 aliphatic rings. The second-order valence-corrected chi connectivity index (χ2v) is 5.03. The van der Waals surface area contributed by atoms with Crippen LogP contribution in [0.5, 0.6) is 0 Å². The van der Waals surface area contributed by atoms with Gasteiger partial charge in [0.05, 0.1) is 6.04 Å². The Morgan fingerprint density at radius 2 is 1.70 bits per heavy atom. The van der Waals surface area contributed by atoms with Gasteiger partial charge in [-0.05, 0) is 29.7 Å². The Labute approximate surface area is 149 Å². The third-order valence-corrected chi connectivity index (χ3v) is 3.48. The van der Waals surface area contributed by atoms with Gasteiger partial charge in [-0.2, -0.15) is 0 Å². The molecule has 0 bridgehead atoms. The second kappa shape index (κ2) is 11.0. The van der Waals surface area contributed by atoms with E-state index in [2.05, 4.69) is 10.3 Å². The van der Waals surface area contributed by atoms with Crippen molar-refractivity contribution in [2.24, 2.45) is 5.73 Å². The summed E-state index contributed by atoms with van der Waals surface area (Å²) in [6, 6.07) is 13.3. The fourth-order valence-corrected chi connectivity index (χ4v) is 2.29. The van der Waals surface area contributed by atoms with Crippen molar-refractivity contribution in [2.45, 2.75) is 31.8 Å². The molecule has 1 amide bonds. The van der Waals surface area contributed by atoms with Crippen molar-refractivity contribution >= 4 is 30.7 Å². The molecule has 0 saturated heterocycles. The lowest BCUT2D eigenvalue weighted by atomic mass is 10.0. The van der Waals surface area contributed by atoms with Crippen LogP contribution in [0.25, 0.3) is 0 Å². The summed E-state index contributed by atoms with van der Waals surface area (Å²) >= 11 is 0. The normalized spacial score (nSPS) is 12.3. The Bertz CT molecular complexity index is 567. The Kier molecular flexibility index (Phi) is 10.2. The molecule has 2 rings (SSSR count). The van der Waals surface area contributed by atoms with Gasteiger partial charge in [0.25, 0.3) is 0 Å². The van der Waals surface area contributed by atoms with Gasteiger partial charge >= 0.3 is 0 Å². The first-order valence-electron chi connectivity index (χ1n) is 7.20. The van der Waals surface area contributed by atoms with Crippen molar-refractivity contribution in [2.75, 3.05) is 0 Å². The zero-order valence-corrected chi connectivity index (χ0v) is 14.6. The molecule has 1 aromatic heterocycles. The van der Waals surface area contributed by atoms with Gasteiger partial charge in [-0.1, -0.05) is 37.3 Å². The van der Waals surface area contributed by atoms with E-state index in [1.54, 1.807) is 12.4 Å². The SMILES string of the molecule is CCC(NC(=O)CC(N)c1ccccc1)c1ccncc1.Cl.Cl. The van der Waals surface area contributed by atoms with Crippen molar-refractivity contribution in [1.29, 1.82) is 0 Å². The number of benzene rings is 1. The predicted molar refractivity (Wildman–Crippen MR) is 97.9 cm³/mol. The number of aromatic nitrogens is 1. The number of carbonyl (C=O) groups is 1. The maximum atomic E-state index is 12.2. The van der Waals surface area contributed by atoms with Crippen LogP contribution in [0.4, 0.5) is 0 Å². The highest BCUT2D eigenvalue weighted by Gasteiger charge is 2.16. The van der Waals surface area contributed by atoms with Gasteiger partial charge in [-0.15, -0.1) is 24.8 Å². The summed E-state index contributed by atoms with van der Waals surface area (Å²) < 4.78 is 0. The first-order valence-corrected chi connectivity index (χ1v) is 7.20. The zero-order valence-electron chi connectivity index (χ0n) is 13.0. The molecule has 1 heterocycles. The Balaban J connectivity index is 0.00000242. The molecule has 0 spiro atoms. The highest BCUT2D eigenvalue weighted by atomic mass is 35.5. The van der Waals surface area contributed by atoms with Crippen molar-refractivity contribution in [3.63, 3.8) is 0 Å². The van der Waals surface area contributed by atoms with Gasteiger partial charge in [-0.3, -0.25) is 9.78 Å². The Morgan fingerprint density at radius 3 is 2.26 bits per heavy atom. The van der Waals surface area contributed by atoms with Crippen molar-refractivity contribution in [3.8, 4) is 0 Å².